The molecule has 0 aliphatic carbocycles. The molecule has 2 rings (SSSR count). The van der Waals surface area contributed by atoms with E-state index in [2.05, 4.69) is 5.32 Å². The Kier molecular flexibility index (Phi) is 2.83. The van der Waals surface area contributed by atoms with Gasteiger partial charge in [0.2, 0.25) is 5.91 Å². The Morgan fingerprint density at radius 3 is 2.71 bits per heavy atom. The average molecular weight is 236 g/mol. The Labute approximate surface area is 98.4 Å². The number of aryl methyl sites for hydroxylation is 1. The Morgan fingerprint density at radius 2 is 2.12 bits per heavy atom. The Bertz CT molecular complexity index is 487. The van der Waals surface area contributed by atoms with Crippen LogP contribution in [0.15, 0.2) is 18.2 Å². The van der Waals surface area contributed by atoms with Crippen LogP contribution in [0.1, 0.15) is 12.0 Å². The molecule has 2 amide bonds. The van der Waals surface area contributed by atoms with E-state index in [9.17, 15) is 14.0 Å². The van der Waals surface area contributed by atoms with Crippen LogP contribution in [0.25, 0.3) is 0 Å². The maximum absolute atomic E-state index is 13.1. The van der Waals surface area contributed by atoms with E-state index in [1.807, 2.05) is 6.92 Å². The first-order valence-corrected chi connectivity index (χ1v) is 5.32. The van der Waals surface area contributed by atoms with Crippen LogP contribution in [0.5, 0.6) is 0 Å². The van der Waals surface area contributed by atoms with Gasteiger partial charge in [-0.05, 0) is 24.6 Å². The number of likely N-dealkylation sites (N-methyl/N-ethyl adjacent to an activating group) is 1. The van der Waals surface area contributed by atoms with Crippen LogP contribution >= 0.6 is 0 Å². The van der Waals surface area contributed by atoms with Gasteiger partial charge in [0.05, 0.1) is 6.42 Å². The van der Waals surface area contributed by atoms with Gasteiger partial charge >= 0.3 is 0 Å². The number of carbonyl (C=O) groups is 2. The summed E-state index contributed by atoms with van der Waals surface area (Å²) in [4.78, 5) is 24.1. The number of hydrogen-bond donors (Lipinski definition) is 1. The predicted molar refractivity (Wildman–Crippen MR) is 60.9 cm³/mol. The van der Waals surface area contributed by atoms with Gasteiger partial charge in [-0.15, -0.1) is 0 Å². The van der Waals surface area contributed by atoms with Gasteiger partial charge in [0.1, 0.15) is 11.9 Å². The maximum Gasteiger partial charge on any atom is 0.251 e. The summed E-state index contributed by atoms with van der Waals surface area (Å²) in [6.07, 6.45) is 0.116. The van der Waals surface area contributed by atoms with Crippen LogP contribution in [0.3, 0.4) is 0 Å². The van der Waals surface area contributed by atoms with Gasteiger partial charge in [-0.2, -0.15) is 0 Å². The van der Waals surface area contributed by atoms with Crippen LogP contribution in [0, 0.1) is 12.7 Å². The van der Waals surface area contributed by atoms with E-state index in [-0.39, 0.29) is 24.1 Å². The van der Waals surface area contributed by atoms with Gasteiger partial charge in [0.15, 0.2) is 0 Å². The highest BCUT2D eigenvalue weighted by atomic mass is 19.1. The van der Waals surface area contributed by atoms with Crippen LogP contribution in [-0.2, 0) is 9.59 Å². The van der Waals surface area contributed by atoms with Crippen molar-refractivity contribution in [3.05, 3.63) is 29.6 Å². The molecule has 4 nitrogen and oxygen atoms in total. The average Bonchev–Trinajstić information content (AvgIpc) is 2.52. The fourth-order valence-electron chi connectivity index (χ4n) is 1.81. The molecule has 90 valence electrons. The van der Waals surface area contributed by atoms with Crippen molar-refractivity contribution in [2.24, 2.45) is 0 Å². The number of nitrogens with zero attached hydrogens (tertiary/aromatic N) is 1. The highest BCUT2D eigenvalue weighted by molar-refractivity contribution is 6.06. The van der Waals surface area contributed by atoms with Crippen molar-refractivity contribution in [1.82, 2.24) is 4.90 Å². The summed E-state index contributed by atoms with van der Waals surface area (Å²) in [5, 5.41) is 2.91. The summed E-state index contributed by atoms with van der Waals surface area (Å²) in [7, 11) is 1.45. The molecule has 1 saturated heterocycles. The molecule has 1 heterocycles. The van der Waals surface area contributed by atoms with Gasteiger partial charge < -0.3 is 5.32 Å². The molecule has 1 aromatic rings. The van der Waals surface area contributed by atoms with Gasteiger partial charge in [0.25, 0.3) is 5.91 Å². The molecule has 0 aromatic heterocycles. The zero-order valence-corrected chi connectivity index (χ0v) is 9.66. The summed E-state index contributed by atoms with van der Waals surface area (Å²) in [5.74, 6) is -0.872. The highest BCUT2D eigenvalue weighted by Gasteiger charge is 2.36. The number of nitrogens with one attached hydrogen (secondary N) is 1. The smallest absolute Gasteiger partial charge is 0.251 e. The van der Waals surface area contributed by atoms with E-state index in [1.54, 1.807) is 6.07 Å². The molecule has 1 aliphatic heterocycles. The van der Waals surface area contributed by atoms with Crippen molar-refractivity contribution in [1.29, 1.82) is 0 Å². The monoisotopic (exact) mass is 236 g/mol. The third-order valence-electron chi connectivity index (χ3n) is 2.91. The van der Waals surface area contributed by atoms with E-state index in [0.29, 0.717) is 5.69 Å². The van der Waals surface area contributed by atoms with Crippen LogP contribution < -0.4 is 5.32 Å². The lowest BCUT2D eigenvalue weighted by atomic mass is 10.1. The Balaban J connectivity index is 2.19. The molecule has 1 unspecified atom stereocenters. The molecular formula is C12H13FN2O2. The highest BCUT2D eigenvalue weighted by Crippen LogP contribution is 2.21. The standard InChI is InChI=1S/C12H13FN2O2/c1-7-3-4-8(13)5-9(7)14-10-6-11(16)15(2)12(10)17/h3-5,10,14H,6H2,1-2H3. The molecular weight excluding hydrogens is 223 g/mol. The first-order chi connectivity index (χ1) is 7.99. The van der Waals surface area contributed by atoms with E-state index in [4.69, 9.17) is 0 Å². The molecule has 0 bridgehead atoms. The van der Waals surface area contributed by atoms with Crippen molar-refractivity contribution < 1.29 is 14.0 Å². The quantitative estimate of drug-likeness (QED) is 0.787. The fourth-order valence-corrected chi connectivity index (χ4v) is 1.81. The van der Waals surface area contributed by atoms with E-state index >= 15 is 0 Å². The topological polar surface area (TPSA) is 49.4 Å². The zero-order chi connectivity index (χ0) is 12.6. The number of halogens is 1. The lowest BCUT2D eigenvalue weighted by molar-refractivity contribution is -0.136. The van der Waals surface area contributed by atoms with Gasteiger partial charge in [-0.1, -0.05) is 6.07 Å². The number of amides is 2. The minimum atomic E-state index is -0.590. The summed E-state index contributed by atoms with van der Waals surface area (Å²) in [6.45, 7) is 1.81. The molecule has 1 aromatic carbocycles. The molecule has 1 N–H and O–H groups in total. The molecule has 0 saturated carbocycles. The SMILES string of the molecule is Cc1ccc(F)cc1NC1CC(=O)N(C)C1=O. The van der Waals surface area contributed by atoms with E-state index < -0.39 is 6.04 Å². The number of rotatable bonds is 2. The van der Waals surface area contributed by atoms with Crippen LogP contribution in [-0.4, -0.2) is 29.8 Å². The second-order valence-electron chi connectivity index (χ2n) is 4.15. The summed E-state index contributed by atoms with van der Waals surface area (Å²) >= 11 is 0. The van der Waals surface area contributed by atoms with Crippen LogP contribution in [0.4, 0.5) is 10.1 Å². The predicted octanol–water partition coefficient (Wildman–Crippen LogP) is 1.30. The second kappa shape index (κ2) is 4.16. The molecule has 5 heteroatoms. The van der Waals surface area contributed by atoms with E-state index in [1.165, 1.54) is 19.2 Å². The van der Waals surface area contributed by atoms with Crippen molar-refractivity contribution in [2.75, 3.05) is 12.4 Å². The number of hydrogen-bond acceptors (Lipinski definition) is 3. The van der Waals surface area contributed by atoms with Crippen molar-refractivity contribution in [3.8, 4) is 0 Å². The molecule has 1 atom stereocenters. The number of benzene rings is 1. The number of carbonyl (C=O) groups excluding carboxylic acids is 2. The number of likely N-dealkylation sites (tertiary alicyclic amines) is 1. The third kappa shape index (κ3) is 2.13. The van der Waals surface area contributed by atoms with Crippen molar-refractivity contribution in [2.45, 2.75) is 19.4 Å². The van der Waals surface area contributed by atoms with Crippen LogP contribution in [0.2, 0.25) is 0 Å². The Hall–Kier alpha value is -1.91. The molecule has 0 spiro atoms. The fraction of sp³-hybridized carbons (Fsp3) is 0.333. The first-order valence-electron chi connectivity index (χ1n) is 5.32. The minimum Gasteiger partial charge on any atom is -0.373 e. The van der Waals surface area contributed by atoms with Gasteiger partial charge in [0, 0.05) is 12.7 Å². The second-order valence-corrected chi connectivity index (χ2v) is 4.15. The normalized spacial score (nSPS) is 19.9. The lowest BCUT2D eigenvalue weighted by Gasteiger charge is -2.14. The molecule has 1 fully saturated rings. The number of anilines is 1. The van der Waals surface area contributed by atoms with Gasteiger partial charge in [-0.3, -0.25) is 14.5 Å². The van der Waals surface area contributed by atoms with Gasteiger partial charge in [-0.25, -0.2) is 4.39 Å². The first kappa shape index (κ1) is 11.6. The molecule has 0 radical (unpaired) electrons. The lowest BCUT2D eigenvalue weighted by Crippen LogP contribution is -2.32. The third-order valence-corrected chi connectivity index (χ3v) is 2.91. The molecule has 1 aliphatic rings. The Morgan fingerprint density at radius 1 is 1.41 bits per heavy atom. The largest absolute Gasteiger partial charge is 0.373 e. The zero-order valence-electron chi connectivity index (χ0n) is 9.66. The summed E-state index contributed by atoms with van der Waals surface area (Å²) in [6, 6.07) is 3.72. The van der Waals surface area contributed by atoms with Crippen molar-refractivity contribution in [3.63, 3.8) is 0 Å². The summed E-state index contributed by atoms with van der Waals surface area (Å²) in [5.41, 5.74) is 1.38. The van der Waals surface area contributed by atoms with E-state index in [0.717, 1.165) is 10.5 Å². The van der Waals surface area contributed by atoms with Crippen molar-refractivity contribution >= 4 is 17.5 Å². The molecule has 17 heavy (non-hydrogen) atoms. The minimum absolute atomic E-state index is 0.116. The maximum atomic E-state index is 13.1. The number of imide groups is 1. The summed E-state index contributed by atoms with van der Waals surface area (Å²) < 4.78 is 13.1.